The zero-order chi connectivity index (χ0) is 13.7. The van der Waals surface area contributed by atoms with Crippen molar-refractivity contribution in [2.75, 3.05) is 12.3 Å². The fraction of sp³-hybridized carbons (Fsp3) is 0.533. The van der Waals surface area contributed by atoms with E-state index in [0.29, 0.717) is 0 Å². The van der Waals surface area contributed by atoms with Gasteiger partial charge in [-0.2, -0.15) is 0 Å². The Balaban J connectivity index is 1.85. The third-order valence-electron chi connectivity index (χ3n) is 3.78. The number of nitrogens with zero attached hydrogens (tertiary/aromatic N) is 1. The number of hydrogen-bond acceptors (Lipinski definition) is 2. The molecule has 19 heavy (non-hydrogen) atoms. The van der Waals surface area contributed by atoms with Crippen molar-refractivity contribution >= 4 is 28.5 Å². The van der Waals surface area contributed by atoms with Crippen LogP contribution in [0.1, 0.15) is 32.3 Å². The van der Waals surface area contributed by atoms with Crippen LogP contribution in [0.3, 0.4) is 0 Å². The van der Waals surface area contributed by atoms with E-state index in [-0.39, 0.29) is 5.54 Å². The molecule has 104 valence electrons. The van der Waals surface area contributed by atoms with E-state index >= 15 is 0 Å². The van der Waals surface area contributed by atoms with Gasteiger partial charge in [0.25, 0.3) is 0 Å². The van der Waals surface area contributed by atoms with Crippen molar-refractivity contribution in [2.45, 2.75) is 38.6 Å². The molecule has 0 radical (unpaired) electrons. The predicted molar refractivity (Wildman–Crippen MR) is 86.4 cm³/mol. The molecule has 0 bridgehead atoms. The zero-order valence-electron chi connectivity index (χ0n) is 11.6. The van der Waals surface area contributed by atoms with Crippen LogP contribution in [0.4, 0.5) is 0 Å². The number of halogens is 1. The molecule has 0 atom stereocenters. The summed E-state index contributed by atoms with van der Waals surface area (Å²) in [5, 5.41) is 5.49. The van der Waals surface area contributed by atoms with Crippen LogP contribution in [0.25, 0.3) is 0 Å². The number of thioether (sulfide) groups is 1. The minimum Gasteiger partial charge on any atom is -0.359 e. The summed E-state index contributed by atoms with van der Waals surface area (Å²) in [4.78, 5) is 4.67. The summed E-state index contributed by atoms with van der Waals surface area (Å²) in [5.74, 6) is 1.14. The van der Waals surface area contributed by atoms with Gasteiger partial charge in [0.1, 0.15) is 0 Å². The van der Waals surface area contributed by atoms with Gasteiger partial charge in [0.15, 0.2) is 5.17 Å². The Kier molecular flexibility index (Phi) is 5.17. The third-order valence-corrected chi connectivity index (χ3v) is 5.23. The highest BCUT2D eigenvalue weighted by atomic mass is 35.5. The molecule has 0 spiro atoms. The van der Waals surface area contributed by atoms with E-state index in [9.17, 15) is 0 Å². The SMILES string of the molecule is CCC1(CC)CSC(=NCCc2ccc(Cl)cc2)N1. The summed E-state index contributed by atoms with van der Waals surface area (Å²) >= 11 is 7.73. The maximum absolute atomic E-state index is 5.87. The van der Waals surface area contributed by atoms with Crippen LogP contribution in [0.2, 0.25) is 5.02 Å². The van der Waals surface area contributed by atoms with Crippen molar-refractivity contribution in [2.24, 2.45) is 4.99 Å². The maximum atomic E-state index is 5.87. The molecule has 0 aliphatic carbocycles. The molecule has 1 saturated heterocycles. The Hall–Kier alpha value is -0.670. The highest BCUT2D eigenvalue weighted by Gasteiger charge is 2.33. The number of amidine groups is 1. The molecule has 0 amide bonds. The minimum atomic E-state index is 0.268. The number of nitrogens with one attached hydrogen (secondary N) is 1. The molecule has 1 aliphatic heterocycles. The number of aliphatic imine (C=N–C) groups is 1. The molecule has 1 aromatic carbocycles. The Morgan fingerprint density at radius 1 is 1.26 bits per heavy atom. The van der Waals surface area contributed by atoms with Gasteiger partial charge in [0, 0.05) is 22.9 Å². The molecule has 2 nitrogen and oxygen atoms in total. The fourth-order valence-corrected chi connectivity index (χ4v) is 3.65. The first-order valence-corrected chi connectivity index (χ1v) is 8.23. The summed E-state index contributed by atoms with van der Waals surface area (Å²) in [7, 11) is 0. The normalized spacial score (nSPS) is 19.6. The van der Waals surface area contributed by atoms with Crippen molar-refractivity contribution in [1.82, 2.24) is 5.32 Å². The number of hydrogen-bond donors (Lipinski definition) is 1. The second-order valence-electron chi connectivity index (χ2n) is 4.96. The molecule has 1 N–H and O–H groups in total. The largest absolute Gasteiger partial charge is 0.359 e. The lowest BCUT2D eigenvalue weighted by atomic mass is 9.96. The highest BCUT2D eigenvalue weighted by molar-refractivity contribution is 8.14. The molecular formula is C15H21ClN2S. The van der Waals surface area contributed by atoms with E-state index in [0.717, 1.165) is 41.8 Å². The topological polar surface area (TPSA) is 24.4 Å². The fourth-order valence-electron chi connectivity index (χ4n) is 2.16. The monoisotopic (exact) mass is 296 g/mol. The van der Waals surface area contributed by atoms with Gasteiger partial charge < -0.3 is 5.32 Å². The third kappa shape index (κ3) is 3.90. The van der Waals surface area contributed by atoms with Crippen molar-refractivity contribution in [3.05, 3.63) is 34.9 Å². The summed E-state index contributed by atoms with van der Waals surface area (Å²) in [5.41, 5.74) is 1.55. The molecule has 1 heterocycles. The average Bonchev–Trinajstić information content (AvgIpc) is 2.85. The number of rotatable bonds is 5. The molecule has 0 saturated carbocycles. The molecule has 0 unspecified atom stereocenters. The van der Waals surface area contributed by atoms with Gasteiger partial charge in [-0.05, 0) is 37.0 Å². The van der Waals surface area contributed by atoms with Gasteiger partial charge in [-0.1, -0.05) is 49.3 Å². The molecule has 2 rings (SSSR count). The Labute approximate surface area is 125 Å². The van der Waals surface area contributed by atoms with Crippen LogP contribution in [0.15, 0.2) is 29.3 Å². The van der Waals surface area contributed by atoms with Gasteiger partial charge in [0.05, 0.1) is 0 Å². The van der Waals surface area contributed by atoms with Crippen LogP contribution >= 0.6 is 23.4 Å². The van der Waals surface area contributed by atoms with Crippen LogP contribution in [0.5, 0.6) is 0 Å². The Bertz CT molecular complexity index is 438. The first-order chi connectivity index (χ1) is 9.17. The van der Waals surface area contributed by atoms with Gasteiger partial charge >= 0.3 is 0 Å². The summed E-state index contributed by atoms with van der Waals surface area (Å²) in [6.45, 7) is 5.32. The van der Waals surface area contributed by atoms with Gasteiger partial charge in [0.2, 0.25) is 0 Å². The van der Waals surface area contributed by atoms with Crippen molar-refractivity contribution in [3.8, 4) is 0 Å². The lowest BCUT2D eigenvalue weighted by Crippen LogP contribution is -2.42. The zero-order valence-corrected chi connectivity index (χ0v) is 13.2. The molecule has 1 aromatic rings. The minimum absolute atomic E-state index is 0.268. The van der Waals surface area contributed by atoms with Crippen LogP contribution in [-0.4, -0.2) is 23.0 Å². The highest BCUT2D eigenvalue weighted by Crippen LogP contribution is 2.28. The van der Waals surface area contributed by atoms with Crippen molar-refractivity contribution in [1.29, 1.82) is 0 Å². The second kappa shape index (κ2) is 6.67. The maximum Gasteiger partial charge on any atom is 0.157 e. The van der Waals surface area contributed by atoms with Crippen LogP contribution in [0, 0.1) is 0 Å². The average molecular weight is 297 g/mol. The standard InChI is InChI=1S/C15H21ClN2S/c1-3-15(4-2)11-19-14(18-15)17-10-9-12-5-7-13(16)8-6-12/h5-8H,3-4,9-11H2,1-2H3,(H,17,18). The summed E-state index contributed by atoms with van der Waals surface area (Å²) in [6.07, 6.45) is 3.29. The molecule has 1 fully saturated rings. The first kappa shape index (κ1) is 14.7. The van der Waals surface area contributed by atoms with Gasteiger partial charge in [-0.15, -0.1) is 0 Å². The smallest absolute Gasteiger partial charge is 0.157 e. The van der Waals surface area contributed by atoms with Crippen LogP contribution < -0.4 is 5.32 Å². The van der Waals surface area contributed by atoms with E-state index in [1.165, 1.54) is 5.56 Å². The molecule has 0 aromatic heterocycles. The van der Waals surface area contributed by atoms with E-state index < -0.39 is 0 Å². The second-order valence-corrected chi connectivity index (χ2v) is 6.36. The van der Waals surface area contributed by atoms with Crippen molar-refractivity contribution in [3.63, 3.8) is 0 Å². The predicted octanol–water partition coefficient (Wildman–Crippen LogP) is 4.13. The lowest BCUT2D eigenvalue weighted by Gasteiger charge is -2.25. The quantitative estimate of drug-likeness (QED) is 0.883. The van der Waals surface area contributed by atoms with Gasteiger partial charge in [-0.3, -0.25) is 4.99 Å². The lowest BCUT2D eigenvalue weighted by molar-refractivity contribution is 0.407. The summed E-state index contributed by atoms with van der Waals surface area (Å²) in [6, 6.07) is 8.01. The number of benzene rings is 1. The molecular weight excluding hydrogens is 276 g/mol. The van der Waals surface area contributed by atoms with E-state index in [2.05, 4.69) is 36.3 Å². The van der Waals surface area contributed by atoms with E-state index in [1.54, 1.807) is 0 Å². The van der Waals surface area contributed by atoms with Gasteiger partial charge in [-0.25, -0.2) is 0 Å². The first-order valence-electron chi connectivity index (χ1n) is 6.87. The van der Waals surface area contributed by atoms with Crippen LogP contribution in [-0.2, 0) is 6.42 Å². The van der Waals surface area contributed by atoms with Crippen molar-refractivity contribution < 1.29 is 0 Å². The molecule has 1 aliphatic rings. The Morgan fingerprint density at radius 2 is 1.95 bits per heavy atom. The Morgan fingerprint density at radius 3 is 2.53 bits per heavy atom. The summed E-state index contributed by atoms with van der Waals surface area (Å²) < 4.78 is 0. The van der Waals surface area contributed by atoms with E-state index in [1.807, 2.05) is 23.9 Å². The van der Waals surface area contributed by atoms with E-state index in [4.69, 9.17) is 11.6 Å². The molecule has 4 heteroatoms.